The summed E-state index contributed by atoms with van der Waals surface area (Å²) in [5, 5.41) is 14.3. The molecule has 0 aliphatic carbocycles. The monoisotopic (exact) mass is 356 g/mol. The summed E-state index contributed by atoms with van der Waals surface area (Å²) in [6.45, 7) is 7.75. The van der Waals surface area contributed by atoms with Crippen molar-refractivity contribution >= 4 is 10.0 Å². The van der Waals surface area contributed by atoms with E-state index in [-0.39, 0.29) is 17.9 Å². The molecule has 8 heteroatoms. The van der Waals surface area contributed by atoms with Crippen molar-refractivity contribution in [2.75, 3.05) is 39.0 Å². The van der Waals surface area contributed by atoms with Crippen LogP contribution in [0.15, 0.2) is 12.4 Å². The number of nitrogens with zero attached hydrogens (tertiary/aromatic N) is 4. The lowest BCUT2D eigenvalue weighted by Gasteiger charge is -2.42. The highest BCUT2D eigenvalue weighted by atomic mass is 32.2. The molecule has 3 heterocycles. The fourth-order valence-corrected chi connectivity index (χ4v) is 4.90. The zero-order valence-electron chi connectivity index (χ0n) is 14.7. The lowest BCUT2D eigenvalue weighted by atomic mass is 9.73. The van der Waals surface area contributed by atoms with Crippen LogP contribution in [-0.2, 0) is 16.6 Å². The van der Waals surface area contributed by atoms with Gasteiger partial charge in [0.15, 0.2) is 0 Å². The molecule has 0 aromatic carbocycles. The van der Waals surface area contributed by atoms with Crippen LogP contribution in [0.2, 0.25) is 0 Å². The molecule has 0 spiro atoms. The maximum Gasteiger partial charge on any atom is 0.211 e. The third-order valence-electron chi connectivity index (χ3n) is 5.56. The second-order valence-electron chi connectivity index (χ2n) is 7.68. The van der Waals surface area contributed by atoms with Gasteiger partial charge in [0.2, 0.25) is 10.0 Å². The number of aliphatic hydroxyl groups is 1. The van der Waals surface area contributed by atoms with E-state index in [0.717, 1.165) is 26.1 Å². The number of sulfonamides is 1. The number of aromatic nitrogens is 2. The van der Waals surface area contributed by atoms with Gasteiger partial charge in [-0.2, -0.15) is 5.10 Å². The SMILES string of the molecule is CC(C)n1cc(CN2CC[C@@]3(CO)CN(S(C)(=O)=O)C[C@H]3C2)cn1. The molecule has 136 valence electrons. The first kappa shape index (κ1) is 17.8. The average Bonchev–Trinajstić information content (AvgIpc) is 3.11. The molecule has 3 rings (SSSR count). The van der Waals surface area contributed by atoms with Crippen molar-refractivity contribution in [3.05, 3.63) is 18.0 Å². The van der Waals surface area contributed by atoms with Crippen molar-refractivity contribution in [2.24, 2.45) is 11.3 Å². The van der Waals surface area contributed by atoms with E-state index in [1.165, 1.54) is 16.1 Å². The quantitative estimate of drug-likeness (QED) is 0.833. The summed E-state index contributed by atoms with van der Waals surface area (Å²) in [6, 6.07) is 0.347. The molecule has 1 N–H and O–H groups in total. The van der Waals surface area contributed by atoms with E-state index in [1.807, 2.05) is 10.9 Å². The molecule has 0 bridgehead atoms. The van der Waals surface area contributed by atoms with Gasteiger partial charge in [0, 0.05) is 49.4 Å². The highest BCUT2D eigenvalue weighted by Gasteiger charge is 2.51. The molecule has 2 aliphatic rings. The Bertz CT molecular complexity index is 687. The van der Waals surface area contributed by atoms with E-state index in [2.05, 4.69) is 30.0 Å². The Morgan fingerprint density at radius 1 is 1.42 bits per heavy atom. The van der Waals surface area contributed by atoms with Gasteiger partial charge >= 0.3 is 0 Å². The van der Waals surface area contributed by atoms with Crippen molar-refractivity contribution in [1.82, 2.24) is 19.0 Å². The molecular weight excluding hydrogens is 328 g/mol. The molecule has 0 radical (unpaired) electrons. The summed E-state index contributed by atoms with van der Waals surface area (Å²) in [5.41, 5.74) is 0.903. The largest absolute Gasteiger partial charge is 0.396 e. The first-order valence-electron chi connectivity index (χ1n) is 8.55. The Morgan fingerprint density at radius 2 is 2.17 bits per heavy atom. The molecule has 24 heavy (non-hydrogen) atoms. The number of rotatable bonds is 5. The number of likely N-dealkylation sites (tertiary alicyclic amines) is 1. The summed E-state index contributed by atoms with van der Waals surface area (Å²) in [6.07, 6.45) is 6.08. The zero-order valence-corrected chi connectivity index (χ0v) is 15.5. The second-order valence-corrected chi connectivity index (χ2v) is 9.66. The maximum absolute atomic E-state index is 11.9. The van der Waals surface area contributed by atoms with Gasteiger partial charge in [0.05, 0.1) is 19.1 Å². The first-order valence-corrected chi connectivity index (χ1v) is 10.4. The number of aliphatic hydroxyl groups excluding tert-OH is 1. The standard InChI is InChI=1S/C16H28N4O3S/c1-13(2)20-8-14(6-17-20)7-18-5-4-16(12-21)11-19(24(3,22)23)10-15(16)9-18/h6,8,13,15,21H,4-5,7,9-12H2,1-3H3/t15-,16+/m1/s1. The van der Waals surface area contributed by atoms with E-state index < -0.39 is 10.0 Å². The average molecular weight is 356 g/mol. The molecule has 2 saturated heterocycles. The van der Waals surface area contributed by atoms with Gasteiger partial charge in [0.25, 0.3) is 0 Å². The van der Waals surface area contributed by atoms with Crippen molar-refractivity contribution < 1.29 is 13.5 Å². The molecule has 0 amide bonds. The fourth-order valence-electron chi connectivity index (χ4n) is 3.96. The third kappa shape index (κ3) is 3.37. The van der Waals surface area contributed by atoms with Crippen LogP contribution in [0.5, 0.6) is 0 Å². The summed E-state index contributed by atoms with van der Waals surface area (Å²) in [4.78, 5) is 2.35. The molecule has 2 fully saturated rings. The topological polar surface area (TPSA) is 78.7 Å². The van der Waals surface area contributed by atoms with Crippen molar-refractivity contribution in [2.45, 2.75) is 32.9 Å². The van der Waals surface area contributed by atoms with E-state index in [0.29, 0.717) is 19.1 Å². The van der Waals surface area contributed by atoms with Crippen LogP contribution in [0.4, 0.5) is 0 Å². The first-order chi connectivity index (χ1) is 11.2. The van der Waals surface area contributed by atoms with E-state index in [1.54, 1.807) is 0 Å². The predicted molar refractivity (Wildman–Crippen MR) is 91.9 cm³/mol. The summed E-state index contributed by atoms with van der Waals surface area (Å²) >= 11 is 0. The van der Waals surface area contributed by atoms with Crippen LogP contribution in [-0.4, -0.2) is 71.6 Å². The van der Waals surface area contributed by atoms with Crippen LogP contribution in [0.1, 0.15) is 31.9 Å². The van der Waals surface area contributed by atoms with Crippen LogP contribution in [0.25, 0.3) is 0 Å². The number of hydrogen-bond acceptors (Lipinski definition) is 5. The minimum Gasteiger partial charge on any atom is -0.396 e. The number of piperidine rings is 1. The van der Waals surface area contributed by atoms with Gasteiger partial charge < -0.3 is 5.11 Å². The molecular formula is C16H28N4O3S. The summed E-state index contributed by atoms with van der Waals surface area (Å²) in [7, 11) is -3.20. The van der Waals surface area contributed by atoms with E-state index in [9.17, 15) is 13.5 Å². The Balaban J connectivity index is 1.69. The zero-order chi connectivity index (χ0) is 17.5. The van der Waals surface area contributed by atoms with Crippen molar-refractivity contribution in [3.63, 3.8) is 0 Å². The van der Waals surface area contributed by atoms with E-state index in [4.69, 9.17) is 0 Å². The van der Waals surface area contributed by atoms with Gasteiger partial charge in [-0.15, -0.1) is 0 Å². The summed E-state index contributed by atoms with van der Waals surface area (Å²) in [5.74, 6) is 0.186. The molecule has 2 aliphatic heterocycles. The maximum atomic E-state index is 11.9. The fraction of sp³-hybridized carbons (Fsp3) is 0.812. The molecule has 7 nitrogen and oxygen atoms in total. The Labute approximate surface area is 144 Å². The highest BCUT2D eigenvalue weighted by molar-refractivity contribution is 7.88. The van der Waals surface area contributed by atoms with E-state index >= 15 is 0 Å². The lowest BCUT2D eigenvalue weighted by molar-refractivity contribution is 0.0170. The Kier molecular flexibility index (Phi) is 4.76. The van der Waals surface area contributed by atoms with Crippen LogP contribution in [0, 0.1) is 11.3 Å². The lowest BCUT2D eigenvalue weighted by Crippen LogP contribution is -2.48. The molecule has 1 aromatic rings. The Morgan fingerprint density at radius 3 is 2.75 bits per heavy atom. The molecule has 2 atom stereocenters. The van der Waals surface area contributed by atoms with Gasteiger partial charge in [-0.1, -0.05) is 0 Å². The molecule has 0 unspecified atom stereocenters. The van der Waals surface area contributed by atoms with Gasteiger partial charge in [0.1, 0.15) is 0 Å². The van der Waals surface area contributed by atoms with Crippen LogP contribution >= 0.6 is 0 Å². The predicted octanol–water partition coefficient (Wildman–Crippen LogP) is 0.540. The normalized spacial score (nSPS) is 29.3. The Hall–Kier alpha value is -0.960. The van der Waals surface area contributed by atoms with Crippen molar-refractivity contribution in [1.29, 1.82) is 0 Å². The van der Waals surface area contributed by atoms with Gasteiger partial charge in [-0.05, 0) is 32.7 Å². The molecule has 0 saturated carbocycles. The van der Waals surface area contributed by atoms with Crippen LogP contribution < -0.4 is 0 Å². The minimum absolute atomic E-state index is 0.0583. The molecule has 1 aromatic heterocycles. The van der Waals surface area contributed by atoms with Crippen LogP contribution in [0.3, 0.4) is 0 Å². The number of hydrogen-bond donors (Lipinski definition) is 1. The smallest absolute Gasteiger partial charge is 0.211 e. The van der Waals surface area contributed by atoms with Crippen molar-refractivity contribution in [3.8, 4) is 0 Å². The summed E-state index contributed by atoms with van der Waals surface area (Å²) < 4.78 is 27.3. The second kappa shape index (κ2) is 6.40. The third-order valence-corrected chi connectivity index (χ3v) is 6.78. The van der Waals surface area contributed by atoms with Gasteiger partial charge in [-0.3, -0.25) is 9.58 Å². The number of fused-ring (bicyclic) bond motifs is 1. The minimum atomic E-state index is -3.20. The highest BCUT2D eigenvalue weighted by Crippen LogP contribution is 2.43. The van der Waals surface area contributed by atoms with Gasteiger partial charge in [-0.25, -0.2) is 12.7 Å².